The molecule has 0 radical (unpaired) electrons. The van der Waals surface area contributed by atoms with Gasteiger partial charge in [-0.3, -0.25) is 28.8 Å². The Bertz CT molecular complexity index is 2810. The third-order valence-electron chi connectivity index (χ3n) is 9.65. The molecule has 5 rings (SSSR count). The average molecular weight is 1040 g/mol. The highest BCUT2D eigenvalue weighted by Gasteiger charge is 2.27. The van der Waals surface area contributed by atoms with Crippen molar-refractivity contribution in [1.29, 1.82) is 0 Å². The van der Waals surface area contributed by atoms with Gasteiger partial charge in [0.2, 0.25) is 12.1 Å². The first kappa shape index (κ1) is 53.5. The van der Waals surface area contributed by atoms with Gasteiger partial charge in [0.25, 0.3) is 23.6 Å². The molecule has 69 heavy (non-hydrogen) atoms. The maximum Gasteiger partial charge on any atom is 0.258 e. The minimum absolute atomic E-state index is 0.0147. The normalized spacial score (nSPS) is 12.0. The van der Waals surface area contributed by atoms with Gasteiger partial charge in [-0.25, -0.2) is 0 Å². The number of hydrogen-bond acceptors (Lipinski definition) is 12. The predicted octanol–water partition coefficient (Wildman–Crippen LogP) is 11.9. The van der Waals surface area contributed by atoms with Crippen LogP contribution in [0.2, 0.25) is 10.0 Å². The van der Waals surface area contributed by atoms with Gasteiger partial charge in [0, 0.05) is 52.5 Å². The number of hydrogen-bond donors (Lipinski definition) is 4. The number of benzene rings is 5. The van der Waals surface area contributed by atoms with E-state index in [1.807, 2.05) is 13.8 Å². The zero-order chi connectivity index (χ0) is 50.2. The molecule has 21 heteroatoms. The van der Waals surface area contributed by atoms with Gasteiger partial charge in [-0.05, 0) is 118 Å². The van der Waals surface area contributed by atoms with Crippen molar-refractivity contribution in [3.8, 4) is 11.5 Å². The van der Waals surface area contributed by atoms with Crippen LogP contribution in [0.15, 0.2) is 111 Å². The van der Waals surface area contributed by atoms with Crippen LogP contribution in [0.25, 0.3) is 0 Å². The third kappa shape index (κ3) is 14.8. The topological polar surface area (TPSA) is 218 Å². The van der Waals surface area contributed by atoms with E-state index in [1.54, 1.807) is 36.4 Å². The van der Waals surface area contributed by atoms with E-state index in [1.165, 1.54) is 54.6 Å². The molecule has 0 heterocycles. The monoisotopic (exact) mass is 1040 g/mol. The third-order valence-corrected chi connectivity index (χ3v) is 11.2. The zero-order valence-electron chi connectivity index (χ0n) is 37.5. The molecule has 0 aromatic heterocycles. The van der Waals surface area contributed by atoms with Crippen molar-refractivity contribution in [3.05, 3.63) is 129 Å². The van der Waals surface area contributed by atoms with Crippen molar-refractivity contribution in [2.45, 2.75) is 58.0 Å². The van der Waals surface area contributed by atoms with E-state index in [0.29, 0.717) is 41.7 Å². The Kier molecular flexibility index (Phi) is 20.0. The minimum Gasteiger partial charge on any atom is -0.494 e. The number of carbonyl (C=O) groups is 6. The molecule has 0 aliphatic rings. The van der Waals surface area contributed by atoms with Gasteiger partial charge in [-0.1, -0.05) is 35.3 Å². The Labute approximate surface area is 422 Å². The van der Waals surface area contributed by atoms with E-state index in [0.717, 1.165) is 25.0 Å². The lowest BCUT2D eigenvalue weighted by Crippen LogP contribution is -2.32. The summed E-state index contributed by atoms with van der Waals surface area (Å²) in [5.74, 6) is -2.63. The molecule has 0 fully saturated rings. The van der Waals surface area contributed by atoms with Crippen LogP contribution >= 0.6 is 58.0 Å². The number of nitrogens with one attached hydrogen (secondary N) is 4. The first-order valence-corrected chi connectivity index (χ1v) is 23.4. The van der Waals surface area contributed by atoms with Crippen LogP contribution in [0.3, 0.4) is 0 Å². The average Bonchev–Trinajstić information content (AvgIpc) is 3.30. The van der Waals surface area contributed by atoms with Crippen molar-refractivity contribution in [2.75, 3.05) is 40.4 Å². The first-order chi connectivity index (χ1) is 33.1. The molecular formula is C48H45Cl5N8O8. The second-order valence-corrected chi connectivity index (χ2v) is 16.5. The number of halogens is 5. The van der Waals surface area contributed by atoms with E-state index >= 15 is 0 Å². The second kappa shape index (κ2) is 25.8. The lowest BCUT2D eigenvalue weighted by molar-refractivity contribution is -0.127. The standard InChI is InChI=1S/C48H45Cl5N8O8/c1-5-68-34-19-28(24-50)17-32(22-34)55-45(64)36-9-7-11-39(41(36)52)58-60-43(26(3)62)47(66)54-31-13-14-38(30(21-31)15-16-49)57-48(67)44(27(4)63)61-59-40-12-8-10-37(42(40)53)46(65)56-33-18-29(25-51)20-35(23-33)69-6-2/h7-14,17-23,43-44H,5-6,15-16,24-25H2,1-4H3,(H,54,66)(H,55,64)(H,56,65)(H,57,67). The molecular weight excluding hydrogens is 994 g/mol. The number of Topliss-reactive ketones (excluding diaryl/α,β-unsaturated/α-hetero) is 2. The molecule has 4 amide bonds. The minimum atomic E-state index is -1.63. The fourth-order valence-corrected chi connectivity index (χ4v) is 7.46. The number of amides is 4. The van der Waals surface area contributed by atoms with Crippen LogP contribution in [-0.2, 0) is 37.4 Å². The molecule has 0 saturated heterocycles. The maximum atomic E-state index is 13.6. The van der Waals surface area contributed by atoms with Gasteiger partial charge in [0.05, 0.1) is 34.4 Å². The number of ether oxygens (including phenoxy) is 2. The highest BCUT2D eigenvalue weighted by Crippen LogP contribution is 2.33. The van der Waals surface area contributed by atoms with E-state index < -0.39 is 47.3 Å². The molecule has 2 atom stereocenters. The quantitative estimate of drug-likeness (QED) is 0.0296. The molecule has 5 aromatic rings. The Morgan fingerprint density at radius 2 is 1.03 bits per heavy atom. The summed E-state index contributed by atoms with van der Waals surface area (Å²) in [4.78, 5) is 79.1. The Hall–Kier alpha value is -6.43. The maximum absolute atomic E-state index is 13.6. The lowest BCUT2D eigenvalue weighted by atomic mass is 10.1. The van der Waals surface area contributed by atoms with Gasteiger partial charge < -0.3 is 30.7 Å². The summed E-state index contributed by atoms with van der Waals surface area (Å²) < 4.78 is 11.1. The molecule has 0 aliphatic heterocycles. The number of alkyl halides is 3. The fraction of sp³-hybridized carbons (Fsp3) is 0.250. The van der Waals surface area contributed by atoms with Crippen molar-refractivity contribution in [1.82, 2.24) is 0 Å². The van der Waals surface area contributed by atoms with Gasteiger partial charge in [-0.15, -0.1) is 34.8 Å². The molecule has 0 saturated carbocycles. The summed E-state index contributed by atoms with van der Waals surface area (Å²) in [5.41, 5.74) is 3.30. The van der Waals surface area contributed by atoms with Crippen LogP contribution in [0.5, 0.6) is 11.5 Å². The highest BCUT2D eigenvalue weighted by molar-refractivity contribution is 6.37. The fourth-order valence-electron chi connectivity index (χ4n) is 6.45. The van der Waals surface area contributed by atoms with Gasteiger partial charge in [0.15, 0.2) is 11.6 Å². The Morgan fingerprint density at radius 1 is 0.565 bits per heavy atom. The summed E-state index contributed by atoms with van der Waals surface area (Å²) >= 11 is 31.3. The molecule has 4 N–H and O–H groups in total. The second-order valence-electron chi connectivity index (χ2n) is 14.8. The van der Waals surface area contributed by atoms with E-state index in [-0.39, 0.29) is 68.0 Å². The van der Waals surface area contributed by atoms with Crippen LogP contribution in [0, 0.1) is 0 Å². The number of ketones is 2. The number of rotatable bonds is 22. The van der Waals surface area contributed by atoms with Gasteiger partial charge >= 0.3 is 0 Å². The van der Waals surface area contributed by atoms with Crippen molar-refractivity contribution >= 4 is 127 Å². The Balaban J connectivity index is 1.28. The van der Waals surface area contributed by atoms with Crippen molar-refractivity contribution < 1.29 is 38.2 Å². The molecule has 0 spiro atoms. The summed E-state index contributed by atoms with van der Waals surface area (Å²) in [6.07, 6.45) is 0.199. The van der Waals surface area contributed by atoms with Crippen molar-refractivity contribution in [2.24, 2.45) is 20.5 Å². The summed E-state index contributed by atoms with van der Waals surface area (Å²) in [5, 5.41) is 26.8. The number of azo groups is 2. The lowest BCUT2D eigenvalue weighted by Gasteiger charge is -2.16. The number of anilines is 4. The summed E-state index contributed by atoms with van der Waals surface area (Å²) in [6.45, 7) is 6.78. The predicted molar refractivity (Wildman–Crippen MR) is 269 cm³/mol. The molecule has 0 bridgehead atoms. The first-order valence-electron chi connectivity index (χ1n) is 21.1. The van der Waals surface area contributed by atoms with E-state index in [4.69, 9.17) is 67.5 Å². The van der Waals surface area contributed by atoms with E-state index in [9.17, 15) is 28.8 Å². The molecule has 360 valence electrons. The SMILES string of the molecule is CCOc1cc(CCl)cc(NC(=O)c2cccc(N=NC(C(C)=O)C(=O)Nc3ccc(NC(=O)C(N=Nc4cccc(C(=O)Nc5cc(CCl)cc(OCC)c5)c4Cl)C(C)=O)c(CCCl)c3)c2Cl)c1. The summed E-state index contributed by atoms with van der Waals surface area (Å²) in [7, 11) is 0. The highest BCUT2D eigenvalue weighted by atomic mass is 35.5. The zero-order valence-corrected chi connectivity index (χ0v) is 41.3. The number of aryl methyl sites for hydroxylation is 1. The largest absolute Gasteiger partial charge is 0.494 e. The van der Waals surface area contributed by atoms with Gasteiger partial charge in [-0.2, -0.15) is 20.5 Å². The molecule has 5 aromatic carbocycles. The molecule has 0 aliphatic carbocycles. The van der Waals surface area contributed by atoms with Crippen molar-refractivity contribution in [3.63, 3.8) is 0 Å². The van der Waals surface area contributed by atoms with Crippen LogP contribution in [0.1, 0.15) is 65.1 Å². The summed E-state index contributed by atoms with van der Waals surface area (Å²) in [6, 6.07) is 20.2. The van der Waals surface area contributed by atoms with Gasteiger partial charge in [0.1, 0.15) is 22.9 Å². The smallest absolute Gasteiger partial charge is 0.258 e. The number of carbonyl (C=O) groups excluding carboxylic acids is 6. The molecule has 16 nitrogen and oxygen atoms in total. The van der Waals surface area contributed by atoms with Crippen LogP contribution < -0.4 is 30.7 Å². The number of nitrogens with zero attached hydrogens (tertiary/aromatic N) is 4. The molecule has 2 unspecified atom stereocenters. The van der Waals surface area contributed by atoms with E-state index in [2.05, 4.69) is 41.7 Å². The van der Waals surface area contributed by atoms with Crippen LogP contribution in [-0.4, -0.2) is 66.4 Å². The Morgan fingerprint density at radius 3 is 1.45 bits per heavy atom. The van der Waals surface area contributed by atoms with Crippen LogP contribution in [0.4, 0.5) is 34.1 Å².